The maximum atomic E-state index is 12.9. The summed E-state index contributed by atoms with van der Waals surface area (Å²) in [5.74, 6) is 1.57. The quantitative estimate of drug-likeness (QED) is 0.0231. The first kappa shape index (κ1) is 81.0. The molecule has 4 aromatic heterocycles. The Morgan fingerprint density at radius 3 is 1.16 bits per heavy atom. The van der Waals surface area contributed by atoms with Crippen LogP contribution in [0.2, 0.25) is 20.1 Å². The van der Waals surface area contributed by atoms with Gasteiger partial charge in [0.1, 0.15) is 71.7 Å². The number of halogens is 7. The SMILES string of the molecule is COc1cc(OC)cc(C(=O)Nc2ccc(Cl)c(-c3nc4ccc(OCCC(=O)CO)cc4[nH]3)c2)c1.CS(=O)(=O)c1ccc(C(=O)Nc2ccc(Cl)c(-c3nc4ccc(OCCC(=O)CO)cc4[nH]3)c2)c(Cl)c1.Cc1nc(C(F)(F)F)ccc1C(=O)Nc1ccc(Cl)c(-c2nc3ccc(OCCC(=O)CO)cc3[nH]2)c1. The third-order valence-electron chi connectivity index (χ3n) is 16.1. The summed E-state index contributed by atoms with van der Waals surface area (Å²) in [5, 5.41) is 35.9. The first-order valence-electron chi connectivity index (χ1n) is 32.9. The fourth-order valence-electron chi connectivity index (χ4n) is 10.5. The molecule has 0 aliphatic carbocycles. The second-order valence-corrected chi connectivity index (χ2v) is 27.6. The van der Waals surface area contributed by atoms with E-state index in [4.69, 9.17) is 85.4 Å². The summed E-state index contributed by atoms with van der Waals surface area (Å²) in [6.07, 6.45) is -3.24. The zero-order chi connectivity index (χ0) is 79.1. The van der Waals surface area contributed by atoms with Crippen molar-refractivity contribution in [2.45, 2.75) is 37.3 Å². The number of carbonyl (C=O) groups is 6. The van der Waals surface area contributed by atoms with Crippen LogP contribution in [-0.4, -0.2) is 154 Å². The number of hydrogen-bond donors (Lipinski definition) is 9. The number of rotatable bonds is 27. The van der Waals surface area contributed by atoms with Crippen molar-refractivity contribution < 1.29 is 89.4 Å². The van der Waals surface area contributed by atoms with E-state index in [0.29, 0.717) is 134 Å². The van der Waals surface area contributed by atoms with E-state index >= 15 is 0 Å². The number of hydrogen-bond acceptors (Lipinski definition) is 20. The molecule has 0 saturated carbocycles. The molecule has 4 heterocycles. The van der Waals surface area contributed by atoms with Gasteiger partial charge in [0.2, 0.25) is 0 Å². The molecule has 12 aromatic rings. The van der Waals surface area contributed by atoms with Crippen LogP contribution in [0.25, 0.3) is 67.3 Å². The van der Waals surface area contributed by atoms with E-state index in [-0.39, 0.29) is 89.1 Å². The molecule has 0 bridgehead atoms. The van der Waals surface area contributed by atoms with Crippen molar-refractivity contribution in [2.75, 3.05) is 76.1 Å². The smallest absolute Gasteiger partial charge is 0.433 e. The predicted octanol–water partition coefficient (Wildman–Crippen LogP) is 14.2. The molecule has 0 atom stereocenters. The highest BCUT2D eigenvalue weighted by Gasteiger charge is 2.33. The summed E-state index contributed by atoms with van der Waals surface area (Å²) < 4.78 is 89.3. The van der Waals surface area contributed by atoms with Crippen molar-refractivity contribution >= 4 is 141 Å². The number of amides is 3. The number of aliphatic hydroxyl groups excluding tert-OH is 3. The fraction of sp³-hybridized carbons (Fsp3) is 0.184. The van der Waals surface area contributed by atoms with Gasteiger partial charge in [-0.1, -0.05) is 46.4 Å². The first-order valence-corrected chi connectivity index (χ1v) is 36.3. The monoisotopic (exact) mass is 1600 g/mol. The number of nitrogens with zero attached hydrogens (tertiary/aromatic N) is 4. The Morgan fingerprint density at radius 1 is 0.445 bits per heavy atom. The maximum Gasteiger partial charge on any atom is 0.433 e. The third kappa shape index (κ3) is 21.1. The molecule has 12 rings (SSSR count). The Bertz CT molecular complexity index is 5580. The van der Waals surface area contributed by atoms with Crippen LogP contribution in [0.5, 0.6) is 28.7 Å². The molecule has 8 aromatic carbocycles. The summed E-state index contributed by atoms with van der Waals surface area (Å²) in [5.41, 5.74) is 6.25. The molecule has 9 N–H and O–H groups in total. The second-order valence-electron chi connectivity index (χ2n) is 24.0. The number of aliphatic hydroxyl groups is 3. The molecule has 0 spiro atoms. The number of aromatic nitrogens is 7. The van der Waals surface area contributed by atoms with Crippen LogP contribution in [0.1, 0.15) is 61.7 Å². The molecule has 0 saturated heterocycles. The van der Waals surface area contributed by atoms with E-state index in [0.717, 1.165) is 18.4 Å². The van der Waals surface area contributed by atoms with Crippen LogP contribution in [0.15, 0.2) is 163 Å². The Kier molecular flexibility index (Phi) is 26.6. The minimum atomic E-state index is -4.61. The summed E-state index contributed by atoms with van der Waals surface area (Å²) in [6.45, 7) is 0.198. The molecular weight excluding hydrogens is 1540 g/mol. The average Bonchev–Trinajstić information content (AvgIpc) is 1.59. The first-order chi connectivity index (χ1) is 52.5. The summed E-state index contributed by atoms with van der Waals surface area (Å²) in [6, 6.07) is 41.0. The lowest BCUT2D eigenvalue weighted by molar-refractivity contribution is -0.141. The van der Waals surface area contributed by atoms with Gasteiger partial charge in [-0.25, -0.2) is 28.4 Å². The molecule has 0 fully saturated rings. The van der Waals surface area contributed by atoms with Crippen molar-refractivity contribution in [3.8, 4) is 62.9 Å². The lowest BCUT2D eigenvalue weighted by Gasteiger charge is -2.11. The number of anilines is 3. The van der Waals surface area contributed by atoms with Gasteiger partial charge >= 0.3 is 6.18 Å². The van der Waals surface area contributed by atoms with Gasteiger partial charge in [0.15, 0.2) is 27.2 Å². The number of H-pyrrole nitrogens is 3. The Morgan fingerprint density at radius 2 is 0.818 bits per heavy atom. The number of imidazole rings is 3. The van der Waals surface area contributed by atoms with E-state index in [1.807, 2.05) is 0 Å². The molecule has 34 heteroatoms. The number of aromatic amines is 3. The van der Waals surface area contributed by atoms with E-state index in [1.165, 1.54) is 39.3 Å². The number of sulfone groups is 1. The highest BCUT2D eigenvalue weighted by Crippen LogP contribution is 2.37. The second kappa shape index (κ2) is 36.2. The van der Waals surface area contributed by atoms with Crippen LogP contribution in [0, 0.1) is 6.92 Å². The van der Waals surface area contributed by atoms with Gasteiger partial charge in [-0.05, 0) is 140 Å². The molecule has 0 radical (unpaired) electrons. The summed E-state index contributed by atoms with van der Waals surface area (Å²) >= 11 is 25.4. The topological polar surface area (TPSA) is 378 Å². The van der Waals surface area contributed by atoms with Gasteiger partial charge in [-0.2, -0.15) is 13.2 Å². The third-order valence-corrected chi connectivity index (χ3v) is 18.5. The van der Waals surface area contributed by atoms with Crippen molar-refractivity contribution in [2.24, 2.45) is 0 Å². The molecule has 110 heavy (non-hydrogen) atoms. The van der Waals surface area contributed by atoms with Gasteiger partial charge in [-0.15, -0.1) is 0 Å². The van der Waals surface area contributed by atoms with E-state index in [1.54, 1.807) is 127 Å². The van der Waals surface area contributed by atoms with Crippen molar-refractivity contribution in [1.82, 2.24) is 34.9 Å². The zero-order valence-electron chi connectivity index (χ0n) is 58.4. The molecule has 0 unspecified atom stereocenters. The number of Topliss-reactive ketones (excluding diaryl/α,β-unsaturated/α-hetero) is 3. The van der Waals surface area contributed by atoms with Gasteiger partial charge in [0.25, 0.3) is 17.7 Å². The average molecular weight is 1610 g/mol. The van der Waals surface area contributed by atoms with Crippen molar-refractivity contribution in [3.05, 3.63) is 206 Å². The number of alkyl halides is 3. The molecular formula is C76H65Cl4F3N10O16S. The van der Waals surface area contributed by atoms with Crippen molar-refractivity contribution in [3.63, 3.8) is 0 Å². The minimum Gasteiger partial charge on any atom is -0.497 e. The molecule has 3 amide bonds. The Labute approximate surface area is 644 Å². The highest BCUT2D eigenvalue weighted by molar-refractivity contribution is 7.90. The molecule has 0 aliphatic heterocycles. The number of ketones is 3. The zero-order valence-corrected chi connectivity index (χ0v) is 62.2. The lowest BCUT2D eigenvalue weighted by atomic mass is 10.1. The number of aryl methyl sites for hydroxylation is 1. The summed E-state index contributed by atoms with van der Waals surface area (Å²) in [4.78, 5) is 98.8. The molecule has 570 valence electrons. The molecule has 26 nitrogen and oxygen atoms in total. The fourth-order valence-corrected chi connectivity index (χ4v) is 12.1. The number of pyridine rings is 1. The lowest BCUT2D eigenvalue weighted by Crippen LogP contribution is -2.16. The van der Waals surface area contributed by atoms with Gasteiger partial charge in [0.05, 0.1) is 109 Å². The van der Waals surface area contributed by atoms with Crippen LogP contribution < -0.4 is 39.6 Å². The maximum absolute atomic E-state index is 12.9. The van der Waals surface area contributed by atoms with Gasteiger partial charge in [0, 0.05) is 89.1 Å². The Hall–Kier alpha value is -11.5. The molecule has 0 aliphatic rings. The number of benzene rings is 8. The van der Waals surface area contributed by atoms with Crippen LogP contribution in [0.3, 0.4) is 0 Å². The Balaban J connectivity index is 0.000000176. The largest absolute Gasteiger partial charge is 0.497 e. The number of carbonyl (C=O) groups excluding carboxylic acids is 6. The van der Waals surface area contributed by atoms with Gasteiger partial charge in [-0.3, -0.25) is 28.8 Å². The van der Waals surface area contributed by atoms with E-state index in [9.17, 15) is 50.4 Å². The standard InChI is InChI=1S/C26H24ClN3O6.C25H21Cl2N3O6S.C25H20ClF3N4O4/c1-34-19-9-15(10-20(12-19)35-2)26(33)28-16-3-5-22(27)21(11-16)25-29-23-6-4-18(13-24(23)30-25)36-8-7-17(32)14-31;1-37(34,35)17-4-5-18(21(27)12-17)25(33)28-14-2-6-20(26)19(10-14)24-29-22-7-3-16(11-23(22)30-24)36-9-8-15(32)13-31;1-13-17(4-7-22(30-13)25(27,28)29)24(36)31-14-2-5-19(26)18(10-14)23-32-20-6-3-16(11-21(20)33-23)37-9-8-15(35)12-34/h3-6,9-13,31H,7-8,14H2,1-2H3,(H,28,33)(H,29,30);2-7,10-12,31H,8-9,13H2,1H3,(H,28,33)(H,29,30);2-7,10-11,34H,8-9,12H2,1H3,(H,31,36)(H,32,33). The van der Waals surface area contributed by atoms with Crippen LogP contribution >= 0.6 is 46.4 Å². The highest BCUT2D eigenvalue weighted by atomic mass is 35.5. The van der Waals surface area contributed by atoms with Crippen LogP contribution in [-0.2, 0) is 30.4 Å². The van der Waals surface area contributed by atoms with E-state index in [2.05, 4.69) is 50.8 Å². The normalized spacial score (nSPS) is 11.3. The summed E-state index contributed by atoms with van der Waals surface area (Å²) in [7, 11) is -0.430. The van der Waals surface area contributed by atoms with Crippen molar-refractivity contribution in [1.29, 1.82) is 0 Å². The van der Waals surface area contributed by atoms with Gasteiger partial charge < -0.3 is 69.9 Å². The predicted molar refractivity (Wildman–Crippen MR) is 408 cm³/mol. The number of methoxy groups -OCH3 is 2. The van der Waals surface area contributed by atoms with E-state index < -0.39 is 53.3 Å². The van der Waals surface area contributed by atoms with Crippen LogP contribution in [0.4, 0.5) is 30.2 Å². The number of nitrogens with one attached hydrogen (secondary N) is 6. The number of fused-ring (bicyclic) bond motifs is 3. The number of ether oxygens (including phenoxy) is 5. The minimum absolute atomic E-state index is 0.00135.